The molecular formula is C18H18N2O4. The summed E-state index contributed by atoms with van der Waals surface area (Å²) >= 11 is 0. The van der Waals surface area contributed by atoms with Gasteiger partial charge in [-0.3, -0.25) is 15.0 Å². The van der Waals surface area contributed by atoms with E-state index in [1.54, 1.807) is 12.1 Å². The third kappa shape index (κ3) is 2.44. The van der Waals surface area contributed by atoms with Crippen molar-refractivity contribution in [2.45, 2.75) is 19.0 Å². The van der Waals surface area contributed by atoms with E-state index in [1.165, 1.54) is 6.07 Å². The molecule has 124 valence electrons. The Morgan fingerprint density at radius 3 is 2.75 bits per heavy atom. The van der Waals surface area contributed by atoms with Crippen LogP contribution in [0.5, 0.6) is 5.75 Å². The number of nitrogens with zero attached hydrogens (tertiary/aromatic N) is 2. The van der Waals surface area contributed by atoms with Gasteiger partial charge in [0.2, 0.25) is 0 Å². The van der Waals surface area contributed by atoms with Crippen LogP contribution >= 0.6 is 0 Å². The predicted octanol–water partition coefficient (Wildman–Crippen LogP) is 3.65. The van der Waals surface area contributed by atoms with Crippen LogP contribution in [0.1, 0.15) is 30.1 Å². The molecule has 0 radical (unpaired) electrons. The Bertz CT molecular complexity index is 765. The molecule has 24 heavy (non-hydrogen) atoms. The Hall–Kier alpha value is -2.44. The van der Waals surface area contributed by atoms with Crippen molar-refractivity contribution < 1.29 is 14.5 Å². The molecule has 0 unspecified atom stereocenters. The zero-order valence-corrected chi connectivity index (χ0v) is 13.3. The van der Waals surface area contributed by atoms with E-state index in [4.69, 9.17) is 9.57 Å². The molecule has 0 aliphatic carbocycles. The molecule has 2 heterocycles. The van der Waals surface area contributed by atoms with Gasteiger partial charge in [0.1, 0.15) is 5.75 Å². The second-order valence-corrected chi connectivity index (χ2v) is 6.24. The van der Waals surface area contributed by atoms with Crippen LogP contribution in [0.4, 0.5) is 5.69 Å². The lowest BCUT2D eigenvalue weighted by atomic mass is 9.90. The van der Waals surface area contributed by atoms with E-state index in [0.29, 0.717) is 19.0 Å². The van der Waals surface area contributed by atoms with Crippen molar-refractivity contribution in [3.05, 3.63) is 69.8 Å². The molecule has 4 rings (SSSR count). The van der Waals surface area contributed by atoms with Crippen LogP contribution in [0.2, 0.25) is 0 Å². The Kier molecular flexibility index (Phi) is 3.70. The Morgan fingerprint density at radius 2 is 2.00 bits per heavy atom. The highest BCUT2D eigenvalue weighted by Crippen LogP contribution is 2.47. The highest BCUT2D eigenvalue weighted by Gasteiger charge is 2.44. The van der Waals surface area contributed by atoms with Crippen LogP contribution < -0.4 is 4.74 Å². The normalized spacial score (nSPS) is 23.9. The Morgan fingerprint density at radius 1 is 1.21 bits per heavy atom. The van der Waals surface area contributed by atoms with Crippen molar-refractivity contribution in [3.8, 4) is 5.75 Å². The summed E-state index contributed by atoms with van der Waals surface area (Å²) < 4.78 is 5.78. The van der Waals surface area contributed by atoms with Crippen LogP contribution in [0.25, 0.3) is 0 Å². The molecule has 1 fully saturated rings. The van der Waals surface area contributed by atoms with Gasteiger partial charge in [-0.1, -0.05) is 30.3 Å². The first-order valence-corrected chi connectivity index (χ1v) is 8.02. The average Bonchev–Trinajstić information content (AvgIpc) is 3.06. The number of benzene rings is 2. The van der Waals surface area contributed by atoms with Gasteiger partial charge in [-0.25, -0.2) is 0 Å². The molecule has 3 atom stereocenters. The van der Waals surface area contributed by atoms with E-state index in [9.17, 15) is 10.1 Å². The number of hydroxylamine groups is 2. The van der Waals surface area contributed by atoms with Gasteiger partial charge in [-0.2, -0.15) is 5.06 Å². The van der Waals surface area contributed by atoms with Crippen LogP contribution in [0.3, 0.4) is 0 Å². The molecule has 0 bridgehead atoms. The second-order valence-electron chi connectivity index (χ2n) is 6.24. The van der Waals surface area contributed by atoms with Crippen molar-refractivity contribution in [2.75, 3.05) is 13.2 Å². The summed E-state index contributed by atoms with van der Waals surface area (Å²) in [6.07, 6.45) is 0. The van der Waals surface area contributed by atoms with Crippen molar-refractivity contribution in [1.82, 2.24) is 5.06 Å². The van der Waals surface area contributed by atoms with E-state index >= 15 is 0 Å². The van der Waals surface area contributed by atoms with Gasteiger partial charge in [0.05, 0.1) is 30.2 Å². The Balaban J connectivity index is 1.72. The fraction of sp³-hybridized carbons (Fsp3) is 0.333. The van der Waals surface area contributed by atoms with Crippen LogP contribution in [0, 0.1) is 16.0 Å². The van der Waals surface area contributed by atoms with Gasteiger partial charge in [0.25, 0.3) is 5.69 Å². The fourth-order valence-electron chi connectivity index (χ4n) is 3.53. The first-order valence-electron chi connectivity index (χ1n) is 8.02. The van der Waals surface area contributed by atoms with E-state index in [-0.39, 0.29) is 28.6 Å². The van der Waals surface area contributed by atoms with Crippen molar-refractivity contribution in [3.63, 3.8) is 0 Å². The first kappa shape index (κ1) is 15.1. The van der Waals surface area contributed by atoms with E-state index in [2.05, 4.69) is 19.1 Å². The molecule has 2 aliphatic heterocycles. The lowest BCUT2D eigenvalue weighted by molar-refractivity contribution is -0.385. The summed E-state index contributed by atoms with van der Waals surface area (Å²) in [5.74, 6) is 0.878. The number of nitro benzene ring substituents is 1. The molecule has 0 aromatic heterocycles. The minimum atomic E-state index is -0.370. The van der Waals surface area contributed by atoms with Crippen LogP contribution in [0.15, 0.2) is 48.5 Å². The Labute approximate surface area is 139 Å². The zero-order chi connectivity index (χ0) is 16.7. The van der Waals surface area contributed by atoms with Gasteiger partial charge in [-0.15, -0.1) is 0 Å². The molecule has 0 amide bonds. The lowest BCUT2D eigenvalue weighted by Crippen LogP contribution is -2.32. The lowest BCUT2D eigenvalue weighted by Gasteiger charge is -2.34. The molecule has 0 spiro atoms. The summed E-state index contributed by atoms with van der Waals surface area (Å²) in [7, 11) is 0. The minimum absolute atomic E-state index is 0.0381. The summed E-state index contributed by atoms with van der Waals surface area (Å²) in [4.78, 5) is 16.7. The maximum atomic E-state index is 11.1. The van der Waals surface area contributed by atoms with Crippen molar-refractivity contribution in [2.24, 2.45) is 5.92 Å². The molecular weight excluding hydrogens is 308 g/mol. The predicted molar refractivity (Wildman–Crippen MR) is 87.5 cm³/mol. The number of fused-ring (bicyclic) bond motifs is 3. The van der Waals surface area contributed by atoms with Gasteiger partial charge >= 0.3 is 0 Å². The maximum Gasteiger partial charge on any atom is 0.270 e. The third-order valence-corrected chi connectivity index (χ3v) is 4.80. The van der Waals surface area contributed by atoms with E-state index < -0.39 is 0 Å². The van der Waals surface area contributed by atoms with Gasteiger partial charge < -0.3 is 4.74 Å². The highest BCUT2D eigenvalue weighted by atomic mass is 16.7. The molecule has 0 saturated carbocycles. The average molecular weight is 326 g/mol. The number of rotatable bonds is 3. The SMILES string of the molecule is C[C@H](c1ccccc1)N1OC[C@H]2COc3ccc([N+](=O)[O-])cc3[C@H]21. The second kappa shape index (κ2) is 5.89. The number of nitro groups is 1. The fourth-order valence-corrected chi connectivity index (χ4v) is 3.53. The number of ether oxygens (including phenoxy) is 1. The number of non-ortho nitro benzene ring substituents is 1. The van der Waals surface area contributed by atoms with Crippen LogP contribution in [-0.4, -0.2) is 23.2 Å². The van der Waals surface area contributed by atoms with E-state index in [0.717, 1.165) is 11.1 Å². The van der Waals surface area contributed by atoms with Crippen molar-refractivity contribution >= 4 is 5.69 Å². The number of hydrogen-bond acceptors (Lipinski definition) is 5. The first-order chi connectivity index (χ1) is 11.6. The third-order valence-electron chi connectivity index (χ3n) is 4.80. The topological polar surface area (TPSA) is 64.8 Å². The summed E-state index contributed by atoms with van der Waals surface area (Å²) in [6, 6.07) is 14.9. The molecule has 6 nitrogen and oxygen atoms in total. The molecule has 2 aromatic rings. The minimum Gasteiger partial charge on any atom is -0.493 e. The summed E-state index contributed by atoms with van der Waals surface area (Å²) in [5, 5.41) is 13.1. The van der Waals surface area contributed by atoms with Gasteiger partial charge in [0.15, 0.2) is 0 Å². The molecule has 0 N–H and O–H groups in total. The zero-order valence-electron chi connectivity index (χ0n) is 13.3. The summed E-state index contributed by atoms with van der Waals surface area (Å²) in [5.41, 5.74) is 2.06. The molecule has 6 heteroatoms. The quantitative estimate of drug-likeness (QED) is 0.636. The van der Waals surface area contributed by atoms with Gasteiger partial charge in [-0.05, 0) is 18.6 Å². The van der Waals surface area contributed by atoms with E-state index in [1.807, 2.05) is 23.3 Å². The molecule has 2 aromatic carbocycles. The highest BCUT2D eigenvalue weighted by molar-refractivity contribution is 5.47. The van der Waals surface area contributed by atoms with Crippen molar-refractivity contribution in [1.29, 1.82) is 0 Å². The smallest absolute Gasteiger partial charge is 0.270 e. The largest absolute Gasteiger partial charge is 0.493 e. The number of hydrogen-bond donors (Lipinski definition) is 0. The molecule has 2 aliphatic rings. The molecule has 1 saturated heterocycles. The van der Waals surface area contributed by atoms with Crippen LogP contribution in [-0.2, 0) is 4.84 Å². The monoisotopic (exact) mass is 326 g/mol. The van der Waals surface area contributed by atoms with Gasteiger partial charge in [0, 0.05) is 23.6 Å². The summed E-state index contributed by atoms with van der Waals surface area (Å²) in [6.45, 7) is 3.21. The standard InChI is InChI=1S/C18H18N2O4/c1-12(13-5-3-2-4-6-13)19-18-14(11-24-19)10-23-17-8-7-15(20(21)22)9-16(17)18/h2-9,12,14,18H,10-11H2,1H3/t12-,14-,18+/m1/s1. The maximum absolute atomic E-state index is 11.1.